The van der Waals surface area contributed by atoms with Crippen LogP contribution in [0.3, 0.4) is 0 Å². The average Bonchev–Trinajstić information content (AvgIpc) is 3.17. The van der Waals surface area contributed by atoms with E-state index in [1.54, 1.807) is 25.3 Å². The summed E-state index contributed by atoms with van der Waals surface area (Å²) in [5.41, 5.74) is 0.625. The first-order chi connectivity index (χ1) is 20.0. The number of rotatable bonds is 3. The smallest absolute Gasteiger partial charge is 0.414 e. The predicted octanol–water partition coefficient (Wildman–Crippen LogP) is 7.48. The van der Waals surface area contributed by atoms with Crippen LogP contribution in [-0.2, 0) is 18.9 Å². The third kappa shape index (κ3) is 8.74. The quantitative estimate of drug-likeness (QED) is 0.208. The lowest BCUT2D eigenvalue weighted by Crippen LogP contribution is -2.44. The fourth-order valence-electron chi connectivity index (χ4n) is 4.66. The van der Waals surface area contributed by atoms with Gasteiger partial charge >= 0.3 is 12.1 Å². The number of nitrogens with zero attached hydrogens (tertiary/aromatic N) is 1. The van der Waals surface area contributed by atoms with E-state index in [9.17, 15) is 14.7 Å². The zero-order valence-corrected chi connectivity index (χ0v) is 29.8. The Labute approximate surface area is 264 Å². The van der Waals surface area contributed by atoms with Crippen LogP contribution in [0.5, 0.6) is 5.75 Å². The predicted molar refractivity (Wildman–Crippen MR) is 176 cm³/mol. The van der Waals surface area contributed by atoms with E-state index in [0.717, 1.165) is 0 Å². The lowest BCUT2D eigenvalue weighted by molar-refractivity contribution is -0.152. The Bertz CT molecular complexity index is 1270. The number of carbonyl (C=O) groups excluding carboxylic acids is 2. The molecule has 1 amide bonds. The minimum Gasteiger partial charge on any atom is -0.543 e. The molecule has 2 aliphatic heterocycles. The van der Waals surface area contributed by atoms with Gasteiger partial charge < -0.3 is 28.5 Å². The summed E-state index contributed by atoms with van der Waals surface area (Å²) in [4.78, 5) is 28.5. The number of cyclic esters (lactones) is 1. The maximum Gasteiger partial charge on any atom is 0.414 e. The molecule has 0 radical (unpaired) electrons. The molecular weight excluding hydrogens is 578 g/mol. The first kappa shape index (κ1) is 35.8. The second-order valence-electron chi connectivity index (χ2n) is 14.9. The van der Waals surface area contributed by atoms with Crippen molar-refractivity contribution in [3.8, 4) is 5.75 Å². The van der Waals surface area contributed by atoms with Gasteiger partial charge in [0.15, 0.2) is 5.79 Å². The van der Waals surface area contributed by atoms with E-state index >= 15 is 0 Å². The number of aliphatic hydroxyl groups is 1. The summed E-state index contributed by atoms with van der Waals surface area (Å²) in [5, 5.41) is 10.8. The highest BCUT2D eigenvalue weighted by atomic mass is 28.4. The number of esters is 1. The number of ether oxygens (including phenoxy) is 4. The molecule has 1 fully saturated rings. The van der Waals surface area contributed by atoms with Crippen LogP contribution < -0.4 is 9.33 Å². The SMILES string of the molecule is CC1OC(=O)c2c(cc(N(C)C(=O)OC(C)(C)C)cc2O[Si](C)(C)C(C)(C)C)/C=C/CC2OC(C)(C)O[C@@H]2[C@H](O)/C=C\[C@H]1C. The molecule has 2 aliphatic rings. The van der Waals surface area contributed by atoms with Gasteiger partial charge in [-0.2, -0.15) is 0 Å². The van der Waals surface area contributed by atoms with Gasteiger partial charge in [0.1, 0.15) is 35.2 Å². The van der Waals surface area contributed by atoms with Gasteiger partial charge in [0.05, 0.1) is 11.8 Å². The van der Waals surface area contributed by atoms with Gasteiger partial charge in [-0.25, -0.2) is 9.59 Å². The van der Waals surface area contributed by atoms with Gasteiger partial charge in [-0.05, 0) is 77.7 Å². The highest BCUT2D eigenvalue weighted by molar-refractivity contribution is 6.74. The van der Waals surface area contributed by atoms with Crippen molar-refractivity contribution in [3.63, 3.8) is 0 Å². The standard InChI is InChI=1S/C34H53NO8Si/c1-21-17-18-25(36)29-26(40-34(9,10)41-29)16-14-15-23-19-24(35(11)31(38)42-32(3,4)5)20-27(28(23)30(37)39-22(21)2)43-44(12,13)33(6,7)8/h14-15,17-22,25-26,29,36H,16H2,1-13H3/b15-14+,18-17-/t21-,22?,25-,26?,29-/m1/s1. The maximum absolute atomic E-state index is 14.0. The Kier molecular flexibility index (Phi) is 10.6. The van der Waals surface area contributed by atoms with Gasteiger partial charge in [0.2, 0.25) is 0 Å². The zero-order chi connectivity index (χ0) is 33.4. The molecule has 0 spiro atoms. The first-order valence-electron chi connectivity index (χ1n) is 15.4. The van der Waals surface area contributed by atoms with Gasteiger partial charge in [-0.1, -0.05) is 52.0 Å². The second-order valence-corrected chi connectivity index (χ2v) is 19.7. The van der Waals surface area contributed by atoms with Crippen molar-refractivity contribution in [2.75, 3.05) is 11.9 Å². The molecule has 0 aliphatic carbocycles. The fourth-order valence-corrected chi connectivity index (χ4v) is 5.68. The minimum atomic E-state index is -2.46. The number of carbonyl (C=O) groups is 2. The third-order valence-electron chi connectivity index (χ3n) is 8.42. The van der Waals surface area contributed by atoms with Crippen LogP contribution in [-0.4, -0.2) is 68.3 Å². The van der Waals surface area contributed by atoms with Crippen molar-refractivity contribution in [2.45, 2.75) is 130 Å². The van der Waals surface area contributed by atoms with Crippen molar-refractivity contribution in [1.82, 2.24) is 0 Å². The molecule has 10 heteroatoms. The molecule has 2 unspecified atom stereocenters. The molecule has 246 valence electrons. The Hall–Kier alpha value is -2.66. The van der Waals surface area contributed by atoms with Crippen molar-refractivity contribution < 1.29 is 38.1 Å². The highest BCUT2D eigenvalue weighted by Crippen LogP contribution is 2.41. The molecule has 0 aromatic heterocycles. The normalized spacial score (nSPS) is 27.7. The number of fused-ring (bicyclic) bond motifs is 2. The topological polar surface area (TPSA) is 104 Å². The second kappa shape index (κ2) is 13.0. The summed E-state index contributed by atoms with van der Waals surface area (Å²) in [7, 11) is -0.826. The van der Waals surface area contributed by atoms with Crippen LogP contribution in [0.1, 0.15) is 91.6 Å². The molecule has 0 saturated carbocycles. The lowest BCUT2D eigenvalue weighted by atomic mass is 9.98. The fraction of sp³-hybridized carbons (Fsp3) is 0.647. The monoisotopic (exact) mass is 631 g/mol. The van der Waals surface area contributed by atoms with Gasteiger partial charge in [-0.15, -0.1) is 0 Å². The van der Waals surface area contributed by atoms with Crippen LogP contribution in [0, 0.1) is 5.92 Å². The Morgan fingerprint density at radius 2 is 1.70 bits per heavy atom. The van der Waals surface area contributed by atoms with E-state index in [1.165, 1.54) is 4.90 Å². The zero-order valence-electron chi connectivity index (χ0n) is 28.8. The van der Waals surface area contributed by atoms with E-state index in [0.29, 0.717) is 23.4 Å². The molecule has 5 atom stereocenters. The number of benzene rings is 1. The Morgan fingerprint density at radius 3 is 2.30 bits per heavy atom. The molecule has 0 bridgehead atoms. The van der Waals surface area contributed by atoms with Crippen LogP contribution in [0.15, 0.2) is 30.4 Å². The summed E-state index contributed by atoms with van der Waals surface area (Å²) < 4.78 is 30.7. The van der Waals surface area contributed by atoms with E-state index in [4.69, 9.17) is 23.4 Å². The van der Waals surface area contributed by atoms with E-state index < -0.39 is 56.2 Å². The molecule has 3 rings (SSSR count). The molecule has 1 aromatic rings. The van der Waals surface area contributed by atoms with E-state index in [2.05, 4.69) is 33.9 Å². The number of aliphatic hydroxyl groups excluding tert-OH is 1. The van der Waals surface area contributed by atoms with Gasteiger partial charge in [0.25, 0.3) is 8.32 Å². The summed E-state index contributed by atoms with van der Waals surface area (Å²) in [6.07, 6.45) is 4.66. The Balaban J connectivity index is 2.22. The van der Waals surface area contributed by atoms with Gasteiger partial charge in [-0.3, -0.25) is 4.90 Å². The first-order valence-corrected chi connectivity index (χ1v) is 18.4. The maximum atomic E-state index is 14.0. The average molecular weight is 632 g/mol. The van der Waals surface area contributed by atoms with Crippen LogP contribution in [0.4, 0.5) is 10.5 Å². The van der Waals surface area contributed by atoms with Crippen LogP contribution in [0.25, 0.3) is 6.08 Å². The molecule has 9 nitrogen and oxygen atoms in total. The highest BCUT2D eigenvalue weighted by Gasteiger charge is 2.44. The molecular formula is C34H53NO8Si. The number of hydrogen-bond donors (Lipinski definition) is 1. The molecule has 1 aromatic carbocycles. The summed E-state index contributed by atoms with van der Waals surface area (Å²) in [5.74, 6) is -1.25. The molecule has 1 saturated heterocycles. The van der Waals surface area contributed by atoms with Crippen molar-refractivity contribution in [3.05, 3.63) is 41.5 Å². The van der Waals surface area contributed by atoms with Crippen molar-refractivity contribution >= 4 is 32.1 Å². The largest absolute Gasteiger partial charge is 0.543 e. The van der Waals surface area contributed by atoms with E-state index in [1.807, 2.05) is 66.7 Å². The van der Waals surface area contributed by atoms with Gasteiger partial charge in [0, 0.05) is 19.0 Å². The number of amides is 1. The summed E-state index contributed by atoms with van der Waals surface area (Å²) in [6.45, 7) is 23.4. The lowest BCUT2D eigenvalue weighted by Gasteiger charge is -2.37. The van der Waals surface area contributed by atoms with Crippen LogP contribution >= 0.6 is 0 Å². The van der Waals surface area contributed by atoms with Crippen molar-refractivity contribution in [1.29, 1.82) is 0 Å². The number of hydrogen-bond acceptors (Lipinski definition) is 8. The molecule has 2 heterocycles. The van der Waals surface area contributed by atoms with E-state index in [-0.39, 0.29) is 16.5 Å². The summed E-state index contributed by atoms with van der Waals surface area (Å²) in [6, 6.07) is 3.48. The summed E-state index contributed by atoms with van der Waals surface area (Å²) >= 11 is 0. The minimum absolute atomic E-state index is 0.163. The van der Waals surface area contributed by atoms with Crippen molar-refractivity contribution in [2.24, 2.45) is 5.92 Å². The molecule has 44 heavy (non-hydrogen) atoms. The third-order valence-corrected chi connectivity index (χ3v) is 12.8. The van der Waals surface area contributed by atoms with Crippen LogP contribution in [0.2, 0.25) is 18.1 Å². The molecule has 1 N–H and O–H groups in total. The number of anilines is 1. The Morgan fingerprint density at radius 1 is 1.07 bits per heavy atom.